The molecule has 0 bridgehead atoms. The molecule has 0 saturated heterocycles. The fraction of sp³-hybridized carbons (Fsp3) is 0.286. The van der Waals surface area contributed by atoms with Gasteiger partial charge in [0.15, 0.2) is 11.6 Å². The average molecular weight is 243 g/mol. The van der Waals surface area contributed by atoms with Gasteiger partial charge in [0.1, 0.15) is 5.76 Å². The largest absolute Gasteiger partial charge is 0.476 e. The van der Waals surface area contributed by atoms with E-state index in [4.69, 9.17) is 9.52 Å². The molecule has 1 fully saturated rings. The van der Waals surface area contributed by atoms with Crippen molar-refractivity contribution in [3.63, 3.8) is 0 Å². The molecule has 1 saturated carbocycles. The number of carboxylic acid groups (broad SMARTS) is 1. The molecule has 2 aromatic rings. The van der Waals surface area contributed by atoms with Gasteiger partial charge in [-0.3, -0.25) is 0 Å². The highest BCUT2D eigenvalue weighted by atomic mass is 16.4. The van der Waals surface area contributed by atoms with Gasteiger partial charge in [-0.25, -0.2) is 9.78 Å². The highest BCUT2D eigenvalue weighted by Crippen LogP contribution is 2.54. The predicted octanol–water partition coefficient (Wildman–Crippen LogP) is 2.95. The lowest BCUT2D eigenvalue weighted by atomic mass is 10.1. The first-order chi connectivity index (χ1) is 8.66. The summed E-state index contributed by atoms with van der Waals surface area (Å²) in [6, 6.07) is 10.2. The van der Waals surface area contributed by atoms with E-state index in [2.05, 4.69) is 17.1 Å². The fourth-order valence-corrected chi connectivity index (χ4v) is 2.31. The lowest BCUT2D eigenvalue weighted by Crippen LogP contribution is -1.98. The van der Waals surface area contributed by atoms with Crippen molar-refractivity contribution in [3.8, 4) is 0 Å². The van der Waals surface area contributed by atoms with Crippen LogP contribution >= 0.6 is 0 Å². The van der Waals surface area contributed by atoms with Crippen molar-refractivity contribution < 1.29 is 14.3 Å². The van der Waals surface area contributed by atoms with Gasteiger partial charge in [-0.05, 0) is 24.8 Å². The Morgan fingerprint density at radius 2 is 2.06 bits per heavy atom. The molecule has 18 heavy (non-hydrogen) atoms. The van der Waals surface area contributed by atoms with Gasteiger partial charge in [-0.1, -0.05) is 30.3 Å². The molecule has 0 amide bonds. The molecule has 1 N–H and O–H groups in total. The molecule has 0 aliphatic heterocycles. The van der Waals surface area contributed by atoms with Crippen molar-refractivity contribution >= 4 is 5.97 Å². The van der Waals surface area contributed by atoms with E-state index in [0.29, 0.717) is 17.6 Å². The Morgan fingerprint density at radius 3 is 2.67 bits per heavy atom. The average Bonchev–Trinajstić information content (AvgIpc) is 3.07. The number of aromatic carboxylic acids is 1. The summed E-state index contributed by atoms with van der Waals surface area (Å²) in [6.45, 7) is 1.64. The van der Waals surface area contributed by atoms with Gasteiger partial charge in [0.05, 0.1) is 0 Å². The number of nitrogens with zero attached hydrogens (tertiary/aromatic N) is 1. The Labute approximate surface area is 104 Å². The van der Waals surface area contributed by atoms with E-state index in [0.717, 1.165) is 6.42 Å². The van der Waals surface area contributed by atoms with Crippen LogP contribution < -0.4 is 0 Å². The number of carboxylic acids is 1. The Hall–Kier alpha value is -2.10. The van der Waals surface area contributed by atoms with Crippen LogP contribution in [0.2, 0.25) is 0 Å². The van der Waals surface area contributed by atoms with Crippen LogP contribution in [-0.4, -0.2) is 16.1 Å². The van der Waals surface area contributed by atoms with E-state index < -0.39 is 5.97 Å². The van der Waals surface area contributed by atoms with Crippen LogP contribution in [0, 0.1) is 6.92 Å². The number of hydrogen-bond donors (Lipinski definition) is 1. The van der Waals surface area contributed by atoms with Gasteiger partial charge in [-0.15, -0.1) is 0 Å². The van der Waals surface area contributed by atoms with Gasteiger partial charge in [0.25, 0.3) is 0 Å². The summed E-state index contributed by atoms with van der Waals surface area (Å²) in [7, 11) is 0. The second-order valence-corrected chi connectivity index (χ2v) is 4.62. The molecular formula is C14H13NO3. The van der Waals surface area contributed by atoms with Gasteiger partial charge < -0.3 is 9.52 Å². The zero-order valence-electron chi connectivity index (χ0n) is 9.96. The van der Waals surface area contributed by atoms with E-state index >= 15 is 0 Å². The summed E-state index contributed by atoms with van der Waals surface area (Å²) in [6.07, 6.45) is 0.975. The third-order valence-corrected chi connectivity index (χ3v) is 3.35. The minimum Gasteiger partial charge on any atom is -0.476 e. The molecule has 1 heterocycles. The summed E-state index contributed by atoms with van der Waals surface area (Å²) in [5, 5.41) is 8.94. The third-order valence-electron chi connectivity index (χ3n) is 3.35. The van der Waals surface area contributed by atoms with E-state index in [-0.39, 0.29) is 11.6 Å². The fourth-order valence-electron chi connectivity index (χ4n) is 2.31. The third kappa shape index (κ3) is 1.79. The first-order valence-electron chi connectivity index (χ1n) is 5.92. The maximum absolute atomic E-state index is 10.9. The summed E-state index contributed by atoms with van der Waals surface area (Å²) in [4.78, 5) is 15.0. The van der Waals surface area contributed by atoms with Crippen LogP contribution in [0.4, 0.5) is 0 Å². The summed E-state index contributed by atoms with van der Waals surface area (Å²) >= 11 is 0. The molecule has 1 aliphatic rings. The van der Waals surface area contributed by atoms with Gasteiger partial charge in [0, 0.05) is 5.92 Å². The smallest absolute Gasteiger partial charge is 0.358 e. The highest BCUT2D eigenvalue weighted by molar-refractivity contribution is 5.86. The molecule has 1 aromatic carbocycles. The molecular weight excluding hydrogens is 230 g/mol. The van der Waals surface area contributed by atoms with Crippen LogP contribution in [0.15, 0.2) is 34.7 Å². The Kier molecular flexibility index (Phi) is 2.44. The molecule has 1 aliphatic carbocycles. The predicted molar refractivity (Wildman–Crippen MR) is 64.7 cm³/mol. The van der Waals surface area contributed by atoms with Crippen LogP contribution in [0.1, 0.15) is 46.0 Å². The molecule has 1 aromatic heterocycles. The van der Waals surface area contributed by atoms with Crippen molar-refractivity contribution in [1.29, 1.82) is 0 Å². The van der Waals surface area contributed by atoms with Crippen LogP contribution in [-0.2, 0) is 0 Å². The van der Waals surface area contributed by atoms with Crippen molar-refractivity contribution in [2.45, 2.75) is 25.2 Å². The van der Waals surface area contributed by atoms with Crippen LogP contribution in [0.5, 0.6) is 0 Å². The SMILES string of the molecule is Cc1oc(C2CC2c2ccccc2)nc1C(=O)O. The van der Waals surface area contributed by atoms with Crippen molar-refractivity contribution in [2.75, 3.05) is 0 Å². The molecule has 0 radical (unpaired) electrons. The first kappa shape index (κ1) is 11.0. The zero-order valence-corrected chi connectivity index (χ0v) is 9.96. The second kappa shape index (κ2) is 3.98. The van der Waals surface area contributed by atoms with Gasteiger partial charge >= 0.3 is 5.97 Å². The van der Waals surface area contributed by atoms with Gasteiger partial charge in [-0.2, -0.15) is 0 Å². The summed E-state index contributed by atoms with van der Waals surface area (Å²) in [5.41, 5.74) is 1.29. The molecule has 3 rings (SSSR count). The van der Waals surface area contributed by atoms with E-state index in [1.54, 1.807) is 6.92 Å². The number of benzene rings is 1. The standard InChI is InChI=1S/C14H13NO3/c1-8-12(14(16)17)15-13(18-8)11-7-10(11)9-5-3-2-4-6-9/h2-6,10-11H,7H2,1H3,(H,16,17). The lowest BCUT2D eigenvalue weighted by molar-refractivity contribution is 0.0689. The number of rotatable bonds is 3. The number of aryl methyl sites for hydroxylation is 1. The minimum atomic E-state index is -1.03. The van der Waals surface area contributed by atoms with Crippen molar-refractivity contribution in [3.05, 3.63) is 53.2 Å². The normalized spacial score (nSPS) is 21.8. The monoisotopic (exact) mass is 243 g/mol. The molecule has 4 nitrogen and oxygen atoms in total. The number of carbonyl (C=O) groups is 1. The lowest BCUT2D eigenvalue weighted by Gasteiger charge is -1.96. The van der Waals surface area contributed by atoms with Crippen LogP contribution in [0.3, 0.4) is 0 Å². The minimum absolute atomic E-state index is 0.0312. The van der Waals surface area contributed by atoms with Gasteiger partial charge in [0.2, 0.25) is 0 Å². The first-order valence-corrected chi connectivity index (χ1v) is 5.92. The molecule has 0 spiro atoms. The Morgan fingerprint density at radius 1 is 1.33 bits per heavy atom. The second-order valence-electron chi connectivity index (χ2n) is 4.62. The number of oxazole rings is 1. The summed E-state index contributed by atoms with van der Waals surface area (Å²) in [5.74, 6) is 0.541. The quantitative estimate of drug-likeness (QED) is 0.900. The van der Waals surface area contributed by atoms with Crippen molar-refractivity contribution in [1.82, 2.24) is 4.98 Å². The number of hydrogen-bond acceptors (Lipinski definition) is 3. The molecule has 4 heteroatoms. The van der Waals surface area contributed by atoms with Crippen molar-refractivity contribution in [2.24, 2.45) is 0 Å². The number of aromatic nitrogens is 1. The molecule has 92 valence electrons. The van der Waals surface area contributed by atoms with Crippen LogP contribution in [0.25, 0.3) is 0 Å². The zero-order chi connectivity index (χ0) is 12.7. The van der Waals surface area contributed by atoms with E-state index in [9.17, 15) is 4.79 Å². The summed E-state index contributed by atoms with van der Waals surface area (Å²) < 4.78 is 5.46. The Balaban J connectivity index is 1.83. The van der Waals surface area contributed by atoms with E-state index in [1.807, 2.05) is 18.2 Å². The Bertz CT molecular complexity index is 588. The molecule has 2 atom stereocenters. The van der Waals surface area contributed by atoms with E-state index in [1.165, 1.54) is 5.56 Å². The topological polar surface area (TPSA) is 63.3 Å². The highest BCUT2D eigenvalue weighted by Gasteiger charge is 2.43. The maximum atomic E-state index is 10.9. The molecule has 2 unspecified atom stereocenters. The maximum Gasteiger partial charge on any atom is 0.358 e.